The van der Waals surface area contributed by atoms with Crippen LogP contribution < -0.4 is 0 Å². The van der Waals surface area contributed by atoms with Gasteiger partial charge < -0.3 is 14.1 Å². The van der Waals surface area contributed by atoms with Crippen molar-refractivity contribution in [1.29, 1.82) is 0 Å². The van der Waals surface area contributed by atoms with Gasteiger partial charge in [0.15, 0.2) is 0 Å². The molecular formula is C21H28N2O5S. The van der Waals surface area contributed by atoms with Crippen molar-refractivity contribution in [1.82, 2.24) is 9.21 Å². The molecule has 2 heterocycles. The van der Waals surface area contributed by atoms with Crippen molar-refractivity contribution >= 4 is 15.9 Å². The number of carbonyl (C=O) groups excluding carboxylic acids is 1. The number of furan rings is 1. The normalized spacial score (nSPS) is 17.0. The molecule has 0 radical (unpaired) electrons. The van der Waals surface area contributed by atoms with E-state index < -0.39 is 10.0 Å². The molecule has 0 spiro atoms. The molecule has 0 saturated carbocycles. The molecule has 0 N–H and O–H groups in total. The predicted octanol–water partition coefficient (Wildman–Crippen LogP) is 2.56. The standard InChI is InChI=1S/C21H28N2O5S/c1-17-10-11-20(28-17)14-22(13-18-7-4-3-5-8-18)21(24)16-23(29(2,25)26)15-19-9-6-12-27-19/h3-5,7-8,10-11,19H,6,9,12-16H2,1-2H3. The first-order valence-corrected chi connectivity index (χ1v) is 11.6. The van der Waals surface area contributed by atoms with Gasteiger partial charge in [-0.05, 0) is 37.5 Å². The molecule has 29 heavy (non-hydrogen) atoms. The maximum atomic E-state index is 13.1. The van der Waals surface area contributed by atoms with E-state index in [0.717, 1.165) is 30.4 Å². The number of carbonyl (C=O) groups is 1. The molecular weight excluding hydrogens is 392 g/mol. The van der Waals surface area contributed by atoms with Crippen LogP contribution >= 0.6 is 0 Å². The highest BCUT2D eigenvalue weighted by atomic mass is 32.2. The fourth-order valence-electron chi connectivity index (χ4n) is 3.38. The molecule has 1 aliphatic rings. The number of rotatable bonds is 9. The third-order valence-corrected chi connectivity index (χ3v) is 6.14. The van der Waals surface area contributed by atoms with Gasteiger partial charge in [-0.3, -0.25) is 4.79 Å². The summed E-state index contributed by atoms with van der Waals surface area (Å²) < 4.78 is 37.0. The number of ether oxygens (including phenoxy) is 1. The highest BCUT2D eigenvalue weighted by molar-refractivity contribution is 7.88. The van der Waals surface area contributed by atoms with E-state index in [9.17, 15) is 13.2 Å². The first-order chi connectivity index (χ1) is 13.8. The van der Waals surface area contributed by atoms with Crippen LogP contribution in [0.15, 0.2) is 46.9 Å². The van der Waals surface area contributed by atoms with Gasteiger partial charge in [-0.15, -0.1) is 0 Å². The molecule has 3 rings (SSSR count). The average Bonchev–Trinajstić information content (AvgIpc) is 3.32. The van der Waals surface area contributed by atoms with Crippen molar-refractivity contribution in [3.8, 4) is 0 Å². The summed E-state index contributed by atoms with van der Waals surface area (Å²) in [7, 11) is -3.54. The number of benzene rings is 1. The molecule has 0 bridgehead atoms. The van der Waals surface area contributed by atoms with Crippen molar-refractivity contribution in [3.05, 3.63) is 59.5 Å². The summed E-state index contributed by atoms with van der Waals surface area (Å²) in [5.74, 6) is 1.16. The van der Waals surface area contributed by atoms with Crippen LogP contribution in [0.2, 0.25) is 0 Å². The summed E-state index contributed by atoms with van der Waals surface area (Å²) in [6.07, 6.45) is 2.69. The molecule has 1 unspecified atom stereocenters. The Labute approximate surface area is 172 Å². The molecule has 1 saturated heterocycles. The maximum absolute atomic E-state index is 13.1. The highest BCUT2D eigenvalue weighted by Crippen LogP contribution is 2.17. The van der Waals surface area contributed by atoms with Crippen molar-refractivity contribution in [2.75, 3.05) is 26.0 Å². The minimum Gasteiger partial charge on any atom is -0.464 e. The van der Waals surface area contributed by atoms with Crippen LogP contribution in [-0.2, 0) is 32.6 Å². The maximum Gasteiger partial charge on any atom is 0.238 e. The summed E-state index contributed by atoms with van der Waals surface area (Å²) in [5, 5.41) is 0. The van der Waals surface area contributed by atoms with Crippen molar-refractivity contribution < 1.29 is 22.4 Å². The minimum atomic E-state index is -3.54. The van der Waals surface area contributed by atoms with Crippen LogP contribution in [0.25, 0.3) is 0 Å². The van der Waals surface area contributed by atoms with Gasteiger partial charge in [-0.1, -0.05) is 30.3 Å². The molecule has 1 amide bonds. The lowest BCUT2D eigenvalue weighted by Crippen LogP contribution is -2.44. The topological polar surface area (TPSA) is 80.1 Å². The average molecular weight is 421 g/mol. The van der Waals surface area contributed by atoms with E-state index in [1.807, 2.05) is 49.4 Å². The van der Waals surface area contributed by atoms with Crippen LogP contribution in [0.3, 0.4) is 0 Å². The predicted molar refractivity (Wildman–Crippen MR) is 110 cm³/mol. The monoisotopic (exact) mass is 420 g/mol. The van der Waals surface area contributed by atoms with E-state index in [1.165, 1.54) is 4.31 Å². The summed E-state index contributed by atoms with van der Waals surface area (Å²) in [6, 6.07) is 13.3. The van der Waals surface area contributed by atoms with Gasteiger partial charge >= 0.3 is 0 Å². The summed E-state index contributed by atoms with van der Waals surface area (Å²) >= 11 is 0. The van der Waals surface area contributed by atoms with Gasteiger partial charge in [0.1, 0.15) is 11.5 Å². The second-order valence-corrected chi connectivity index (χ2v) is 9.42. The third-order valence-electron chi connectivity index (χ3n) is 4.92. The lowest BCUT2D eigenvalue weighted by Gasteiger charge is -2.27. The van der Waals surface area contributed by atoms with Gasteiger partial charge in [0.25, 0.3) is 0 Å². The number of aryl methyl sites for hydroxylation is 1. The molecule has 8 heteroatoms. The second-order valence-electron chi connectivity index (χ2n) is 7.44. The molecule has 158 valence electrons. The molecule has 1 aliphatic heterocycles. The molecule has 7 nitrogen and oxygen atoms in total. The van der Waals surface area contributed by atoms with Crippen molar-refractivity contribution in [2.45, 2.75) is 39.0 Å². The summed E-state index contributed by atoms with van der Waals surface area (Å²) in [5.41, 5.74) is 0.967. The Bertz CT molecular complexity index is 904. The smallest absolute Gasteiger partial charge is 0.238 e. The van der Waals surface area contributed by atoms with E-state index in [1.54, 1.807) is 4.90 Å². The first kappa shape index (κ1) is 21.5. The fraction of sp³-hybridized carbons (Fsp3) is 0.476. The number of nitrogens with zero attached hydrogens (tertiary/aromatic N) is 2. The molecule has 0 aliphatic carbocycles. The molecule has 2 aromatic rings. The van der Waals surface area contributed by atoms with Gasteiger partial charge in [-0.25, -0.2) is 8.42 Å². The Morgan fingerprint density at radius 1 is 1.14 bits per heavy atom. The quantitative estimate of drug-likeness (QED) is 0.623. The third kappa shape index (κ3) is 6.42. The van der Waals surface area contributed by atoms with Gasteiger partial charge in [0.05, 0.1) is 25.4 Å². The lowest BCUT2D eigenvalue weighted by molar-refractivity contribution is -0.133. The van der Waals surface area contributed by atoms with E-state index in [-0.39, 0.29) is 31.6 Å². The Hall–Kier alpha value is -2.16. The summed E-state index contributed by atoms with van der Waals surface area (Å²) in [6.45, 7) is 3.11. The minimum absolute atomic E-state index is 0.159. The number of amides is 1. The van der Waals surface area contributed by atoms with Gasteiger partial charge in [0.2, 0.25) is 15.9 Å². The van der Waals surface area contributed by atoms with Crippen LogP contribution in [0, 0.1) is 6.92 Å². The van der Waals surface area contributed by atoms with E-state index >= 15 is 0 Å². The second kappa shape index (κ2) is 9.56. The first-order valence-electron chi connectivity index (χ1n) is 9.75. The SMILES string of the molecule is Cc1ccc(CN(Cc2ccccc2)C(=O)CN(CC2CCCO2)S(C)(=O)=O)o1. The molecule has 1 atom stereocenters. The van der Waals surface area contributed by atoms with E-state index in [0.29, 0.717) is 18.9 Å². The van der Waals surface area contributed by atoms with E-state index in [4.69, 9.17) is 9.15 Å². The van der Waals surface area contributed by atoms with Crippen LogP contribution in [0.1, 0.15) is 29.9 Å². The lowest BCUT2D eigenvalue weighted by atomic mass is 10.2. The Kier molecular flexibility index (Phi) is 7.10. The van der Waals surface area contributed by atoms with Crippen molar-refractivity contribution in [3.63, 3.8) is 0 Å². The molecule has 1 aromatic heterocycles. The number of hydrogen-bond acceptors (Lipinski definition) is 5. The van der Waals surface area contributed by atoms with Crippen LogP contribution in [0.4, 0.5) is 0 Å². The number of hydrogen-bond donors (Lipinski definition) is 0. The zero-order valence-electron chi connectivity index (χ0n) is 16.9. The zero-order valence-corrected chi connectivity index (χ0v) is 17.7. The molecule has 1 fully saturated rings. The number of sulfonamides is 1. The van der Waals surface area contributed by atoms with E-state index in [2.05, 4.69) is 0 Å². The van der Waals surface area contributed by atoms with Crippen LogP contribution in [-0.4, -0.2) is 55.6 Å². The van der Waals surface area contributed by atoms with Crippen molar-refractivity contribution in [2.24, 2.45) is 0 Å². The Balaban J connectivity index is 1.75. The molecule has 1 aromatic carbocycles. The Morgan fingerprint density at radius 3 is 2.48 bits per heavy atom. The highest BCUT2D eigenvalue weighted by Gasteiger charge is 2.28. The largest absolute Gasteiger partial charge is 0.464 e. The van der Waals surface area contributed by atoms with Crippen LogP contribution in [0.5, 0.6) is 0 Å². The van der Waals surface area contributed by atoms with Gasteiger partial charge in [0, 0.05) is 19.7 Å². The zero-order chi connectivity index (χ0) is 20.9. The van der Waals surface area contributed by atoms with Gasteiger partial charge in [-0.2, -0.15) is 4.31 Å². The fourth-order valence-corrected chi connectivity index (χ4v) is 4.16. The summed E-state index contributed by atoms with van der Waals surface area (Å²) in [4.78, 5) is 14.8. The Morgan fingerprint density at radius 2 is 1.90 bits per heavy atom.